The molecule has 1 aromatic carbocycles. The molecule has 0 bridgehead atoms. The molecule has 1 saturated heterocycles. The van der Waals surface area contributed by atoms with E-state index in [0.29, 0.717) is 5.16 Å². The summed E-state index contributed by atoms with van der Waals surface area (Å²) in [6.45, 7) is 1.79. The van der Waals surface area contributed by atoms with E-state index in [0.717, 1.165) is 34.5 Å². The van der Waals surface area contributed by atoms with Crippen LogP contribution in [-0.4, -0.2) is 27.0 Å². The van der Waals surface area contributed by atoms with Crippen molar-refractivity contribution in [3.63, 3.8) is 0 Å². The van der Waals surface area contributed by atoms with Crippen LogP contribution in [0.1, 0.15) is 12.1 Å². The van der Waals surface area contributed by atoms with Gasteiger partial charge in [-0.05, 0) is 25.1 Å². The van der Waals surface area contributed by atoms with Gasteiger partial charge < -0.3 is 0 Å². The number of halogens is 2. The highest BCUT2D eigenvalue weighted by atomic mass is 32.2. The van der Waals surface area contributed by atoms with Gasteiger partial charge in [0.15, 0.2) is 16.8 Å². The van der Waals surface area contributed by atoms with E-state index in [1.165, 1.54) is 6.07 Å². The number of aryl methyl sites for hydroxylation is 1. The van der Waals surface area contributed by atoms with Crippen LogP contribution in [0.2, 0.25) is 0 Å². The molecule has 5 nitrogen and oxygen atoms in total. The number of carbonyl (C=O) groups is 2. The lowest BCUT2D eigenvalue weighted by Gasteiger charge is -2.14. The standard InChI is InChI=1S/C15H11F2N3O2S/c1-8-4-5-18-15(19-8)23-12-7-13(21)20(14(12)22)9-2-3-10(16)11(17)6-9/h2-6,12H,7H2,1H3/t12-/m1/s1. The molecular weight excluding hydrogens is 324 g/mol. The van der Waals surface area contributed by atoms with E-state index in [-0.39, 0.29) is 12.1 Å². The Hall–Kier alpha value is -2.35. The van der Waals surface area contributed by atoms with Crippen LogP contribution in [-0.2, 0) is 9.59 Å². The lowest BCUT2D eigenvalue weighted by atomic mass is 10.3. The van der Waals surface area contributed by atoms with E-state index in [1.807, 2.05) is 0 Å². The van der Waals surface area contributed by atoms with Gasteiger partial charge in [0.1, 0.15) is 5.25 Å². The van der Waals surface area contributed by atoms with Gasteiger partial charge in [0.05, 0.1) is 5.69 Å². The van der Waals surface area contributed by atoms with E-state index >= 15 is 0 Å². The minimum atomic E-state index is -1.11. The zero-order valence-corrected chi connectivity index (χ0v) is 12.8. The van der Waals surface area contributed by atoms with Crippen LogP contribution in [0.3, 0.4) is 0 Å². The van der Waals surface area contributed by atoms with Crippen LogP contribution in [0.25, 0.3) is 0 Å². The number of hydrogen-bond acceptors (Lipinski definition) is 5. The smallest absolute Gasteiger partial charge is 0.247 e. The van der Waals surface area contributed by atoms with E-state index in [1.54, 1.807) is 19.2 Å². The number of thioether (sulfide) groups is 1. The summed E-state index contributed by atoms with van der Waals surface area (Å²) in [5.74, 6) is -3.10. The van der Waals surface area contributed by atoms with E-state index in [9.17, 15) is 18.4 Å². The molecule has 0 N–H and O–H groups in total. The Morgan fingerprint density at radius 1 is 1.22 bits per heavy atom. The van der Waals surface area contributed by atoms with Gasteiger partial charge in [0.25, 0.3) is 0 Å². The largest absolute Gasteiger partial charge is 0.274 e. The first-order valence-corrected chi connectivity index (χ1v) is 7.62. The third-order valence-electron chi connectivity index (χ3n) is 3.29. The van der Waals surface area contributed by atoms with Crippen LogP contribution >= 0.6 is 11.8 Å². The molecule has 118 valence electrons. The lowest BCUT2D eigenvalue weighted by molar-refractivity contribution is -0.121. The Labute approximate surface area is 134 Å². The number of carbonyl (C=O) groups excluding carboxylic acids is 2. The molecule has 23 heavy (non-hydrogen) atoms. The van der Waals surface area contributed by atoms with Gasteiger partial charge in [-0.2, -0.15) is 0 Å². The van der Waals surface area contributed by atoms with Gasteiger partial charge in [-0.15, -0.1) is 0 Å². The zero-order chi connectivity index (χ0) is 16.6. The Kier molecular flexibility index (Phi) is 4.08. The van der Waals surface area contributed by atoms with Crippen molar-refractivity contribution in [3.8, 4) is 0 Å². The molecule has 3 rings (SSSR count). The number of hydrogen-bond donors (Lipinski definition) is 0. The molecule has 2 aromatic rings. The number of nitrogens with zero attached hydrogens (tertiary/aromatic N) is 3. The molecule has 1 aromatic heterocycles. The highest BCUT2D eigenvalue weighted by Crippen LogP contribution is 2.32. The molecule has 1 atom stereocenters. The Morgan fingerprint density at radius 2 is 2.00 bits per heavy atom. The molecule has 1 aliphatic heterocycles. The quantitative estimate of drug-likeness (QED) is 0.637. The maximum atomic E-state index is 13.3. The predicted octanol–water partition coefficient (Wildman–Crippen LogP) is 2.49. The fourth-order valence-corrected chi connectivity index (χ4v) is 3.21. The summed E-state index contributed by atoms with van der Waals surface area (Å²) < 4.78 is 26.3. The van der Waals surface area contributed by atoms with Gasteiger partial charge in [0.2, 0.25) is 11.8 Å². The summed E-state index contributed by atoms with van der Waals surface area (Å²) in [7, 11) is 0. The second-order valence-electron chi connectivity index (χ2n) is 4.96. The molecule has 0 radical (unpaired) electrons. The fourth-order valence-electron chi connectivity index (χ4n) is 2.20. The predicted molar refractivity (Wildman–Crippen MR) is 79.9 cm³/mol. The third-order valence-corrected chi connectivity index (χ3v) is 4.35. The van der Waals surface area contributed by atoms with Crippen molar-refractivity contribution in [1.29, 1.82) is 0 Å². The Morgan fingerprint density at radius 3 is 2.70 bits per heavy atom. The normalized spacial score (nSPS) is 17.9. The van der Waals surface area contributed by atoms with Crippen molar-refractivity contribution in [2.24, 2.45) is 0 Å². The number of anilines is 1. The molecule has 2 heterocycles. The monoisotopic (exact) mass is 335 g/mol. The first kappa shape index (κ1) is 15.5. The summed E-state index contributed by atoms with van der Waals surface area (Å²) in [5.41, 5.74) is 0.767. The SMILES string of the molecule is Cc1ccnc(S[C@@H]2CC(=O)N(c3ccc(F)c(F)c3)C2=O)n1. The first-order chi connectivity index (χ1) is 11.0. The lowest BCUT2D eigenvalue weighted by Crippen LogP contribution is -2.31. The van der Waals surface area contributed by atoms with Crippen molar-refractivity contribution < 1.29 is 18.4 Å². The molecule has 1 aliphatic rings. The topological polar surface area (TPSA) is 63.2 Å². The minimum Gasteiger partial charge on any atom is -0.274 e. The van der Waals surface area contributed by atoms with Crippen LogP contribution in [0.15, 0.2) is 35.6 Å². The Bertz CT molecular complexity index is 800. The summed E-state index contributed by atoms with van der Waals surface area (Å²) >= 11 is 1.08. The number of rotatable bonds is 3. The summed E-state index contributed by atoms with van der Waals surface area (Å²) in [4.78, 5) is 33.6. The van der Waals surface area contributed by atoms with Crippen molar-refractivity contribution in [3.05, 3.63) is 47.8 Å². The van der Waals surface area contributed by atoms with Gasteiger partial charge in [-0.25, -0.2) is 23.6 Å². The zero-order valence-electron chi connectivity index (χ0n) is 12.0. The summed E-state index contributed by atoms with van der Waals surface area (Å²) in [5, 5.41) is -0.291. The number of imide groups is 1. The van der Waals surface area contributed by atoms with Crippen molar-refractivity contribution in [2.75, 3.05) is 4.90 Å². The highest BCUT2D eigenvalue weighted by Gasteiger charge is 2.40. The third kappa shape index (κ3) is 3.07. The molecule has 2 amide bonds. The van der Waals surface area contributed by atoms with E-state index in [4.69, 9.17) is 0 Å². The summed E-state index contributed by atoms with van der Waals surface area (Å²) in [6.07, 6.45) is 1.53. The number of benzene rings is 1. The van der Waals surface area contributed by atoms with Crippen LogP contribution in [0.5, 0.6) is 0 Å². The Balaban J connectivity index is 1.83. The van der Waals surface area contributed by atoms with Crippen molar-refractivity contribution in [2.45, 2.75) is 23.8 Å². The van der Waals surface area contributed by atoms with E-state index < -0.39 is 28.7 Å². The molecule has 0 saturated carbocycles. The van der Waals surface area contributed by atoms with Gasteiger partial charge in [0, 0.05) is 24.4 Å². The van der Waals surface area contributed by atoms with Gasteiger partial charge in [-0.1, -0.05) is 11.8 Å². The molecule has 1 fully saturated rings. The average molecular weight is 335 g/mol. The van der Waals surface area contributed by atoms with Gasteiger partial charge >= 0.3 is 0 Å². The molecule has 8 heteroatoms. The molecule has 0 spiro atoms. The molecule has 0 unspecified atom stereocenters. The number of amides is 2. The second-order valence-corrected chi connectivity index (χ2v) is 6.13. The summed E-state index contributed by atoms with van der Waals surface area (Å²) in [6, 6.07) is 4.64. The maximum Gasteiger partial charge on any atom is 0.247 e. The molecular formula is C15H11F2N3O2S. The maximum absolute atomic E-state index is 13.3. The first-order valence-electron chi connectivity index (χ1n) is 6.74. The highest BCUT2D eigenvalue weighted by molar-refractivity contribution is 8.00. The van der Waals surface area contributed by atoms with Crippen molar-refractivity contribution in [1.82, 2.24) is 9.97 Å². The number of aromatic nitrogens is 2. The van der Waals surface area contributed by atoms with Gasteiger partial charge in [-0.3, -0.25) is 9.59 Å². The van der Waals surface area contributed by atoms with Crippen LogP contribution in [0.4, 0.5) is 14.5 Å². The van der Waals surface area contributed by atoms with Crippen molar-refractivity contribution >= 4 is 29.3 Å². The van der Waals surface area contributed by atoms with E-state index in [2.05, 4.69) is 9.97 Å². The second kappa shape index (κ2) is 6.04. The minimum absolute atomic E-state index is 0.0205. The average Bonchev–Trinajstić information content (AvgIpc) is 2.77. The fraction of sp³-hybridized carbons (Fsp3) is 0.200. The van der Waals surface area contributed by atoms with Crippen LogP contribution in [0, 0.1) is 18.6 Å². The molecule has 0 aliphatic carbocycles. The van der Waals surface area contributed by atoms with Crippen LogP contribution < -0.4 is 4.90 Å².